The lowest BCUT2D eigenvalue weighted by Crippen LogP contribution is -2.43. The van der Waals surface area contributed by atoms with E-state index in [4.69, 9.17) is 0 Å². The van der Waals surface area contributed by atoms with Crippen LogP contribution in [0.5, 0.6) is 0 Å². The first-order valence-corrected chi connectivity index (χ1v) is 7.25. The van der Waals surface area contributed by atoms with Crippen LogP contribution in [0.1, 0.15) is 12.8 Å². The third-order valence-electron chi connectivity index (χ3n) is 3.18. The fourth-order valence-electron chi connectivity index (χ4n) is 2.07. The monoisotopic (exact) mass is 309 g/mol. The van der Waals surface area contributed by atoms with Crippen LogP contribution in [-0.4, -0.2) is 43.9 Å². The molecule has 1 fully saturated rings. The Balaban J connectivity index is 0.00000180. The summed E-state index contributed by atoms with van der Waals surface area (Å²) < 4.78 is 38.9. The molecule has 19 heavy (non-hydrogen) atoms. The van der Waals surface area contributed by atoms with Crippen molar-refractivity contribution in [2.24, 2.45) is 0 Å². The number of hydrogen-bond donors (Lipinski definition) is 1. The molecule has 1 aromatic heterocycles. The lowest BCUT2D eigenvalue weighted by atomic mass is 10.1. The van der Waals surface area contributed by atoms with Crippen LogP contribution in [0, 0.1) is 5.82 Å². The van der Waals surface area contributed by atoms with E-state index in [2.05, 4.69) is 10.3 Å². The van der Waals surface area contributed by atoms with Crippen molar-refractivity contribution in [2.45, 2.75) is 23.8 Å². The lowest BCUT2D eigenvalue weighted by Gasteiger charge is -2.30. The summed E-state index contributed by atoms with van der Waals surface area (Å²) in [6.07, 6.45) is 3.69. The number of rotatable bonds is 3. The van der Waals surface area contributed by atoms with Crippen LogP contribution in [0.15, 0.2) is 23.4 Å². The van der Waals surface area contributed by atoms with E-state index in [-0.39, 0.29) is 23.3 Å². The number of sulfonamides is 1. The van der Waals surface area contributed by atoms with Gasteiger partial charge < -0.3 is 5.32 Å². The smallest absolute Gasteiger partial charge is 0.244 e. The van der Waals surface area contributed by atoms with Crippen LogP contribution in [0.2, 0.25) is 0 Å². The lowest BCUT2D eigenvalue weighted by molar-refractivity contribution is 0.296. The van der Waals surface area contributed by atoms with Gasteiger partial charge in [-0.05, 0) is 32.0 Å². The van der Waals surface area contributed by atoms with E-state index in [0.717, 1.165) is 38.2 Å². The molecule has 1 N–H and O–H groups in total. The molecule has 0 aromatic carbocycles. The molecule has 0 amide bonds. The van der Waals surface area contributed by atoms with Gasteiger partial charge >= 0.3 is 0 Å². The van der Waals surface area contributed by atoms with Crippen molar-refractivity contribution < 1.29 is 12.8 Å². The highest BCUT2D eigenvalue weighted by Crippen LogP contribution is 2.20. The summed E-state index contributed by atoms with van der Waals surface area (Å²) in [5.74, 6) is -0.644. The molecule has 8 heteroatoms. The summed E-state index contributed by atoms with van der Waals surface area (Å²) in [5, 5.41) is 3.18. The van der Waals surface area contributed by atoms with Gasteiger partial charge in [0.05, 0.1) is 6.20 Å². The van der Waals surface area contributed by atoms with Crippen molar-refractivity contribution >= 4 is 22.4 Å². The van der Waals surface area contributed by atoms with Crippen LogP contribution in [0.3, 0.4) is 0 Å². The largest absolute Gasteiger partial charge is 0.317 e. The Labute approximate surface area is 118 Å². The minimum absolute atomic E-state index is 0. The molecular formula is C11H17ClFN3O2S. The predicted molar refractivity (Wildman–Crippen MR) is 72.3 cm³/mol. The van der Waals surface area contributed by atoms with E-state index in [1.54, 1.807) is 0 Å². The molecule has 0 spiro atoms. The zero-order valence-electron chi connectivity index (χ0n) is 10.5. The zero-order valence-corrected chi connectivity index (χ0v) is 12.2. The Morgan fingerprint density at radius 1 is 1.37 bits per heavy atom. The van der Waals surface area contributed by atoms with Crippen LogP contribution in [0.25, 0.3) is 0 Å². The second kappa shape index (κ2) is 6.60. The van der Waals surface area contributed by atoms with Crippen LogP contribution >= 0.6 is 12.4 Å². The quantitative estimate of drug-likeness (QED) is 0.905. The van der Waals surface area contributed by atoms with Crippen LogP contribution in [-0.2, 0) is 10.0 Å². The Morgan fingerprint density at radius 3 is 2.58 bits per heavy atom. The van der Waals surface area contributed by atoms with E-state index in [1.807, 2.05) is 0 Å². The van der Waals surface area contributed by atoms with Gasteiger partial charge in [-0.2, -0.15) is 4.31 Å². The molecule has 0 aliphatic carbocycles. The summed E-state index contributed by atoms with van der Waals surface area (Å²) in [5.41, 5.74) is 0. The Hall–Kier alpha value is -0.760. The molecule has 0 atom stereocenters. The van der Waals surface area contributed by atoms with Crippen molar-refractivity contribution in [3.63, 3.8) is 0 Å². The molecule has 108 valence electrons. The standard InChI is InChI=1S/C11H16FN3O2S.ClH/c1-15(10-2-4-13-5-3-10)18(16,17)11-6-9(12)7-14-8-11;/h6-8,10,13H,2-5H2,1H3;1H. The topological polar surface area (TPSA) is 62.3 Å². The fraction of sp³-hybridized carbons (Fsp3) is 0.545. The molecule has 5 nitrogen and oxygen atoms in total. The number of hydrogen-bond acceptors (Lipinski definition) is 4. The minimum atomic E-state index is -3.66. The number of pyridine rings is 1. The number of aromatic nitrogens is 1. The highest BCUT2D eigenvalue weighted by Gasteiger charge is 2.29. The summed E-state index contributed by atoms with van der Waals surface area (Å²) in [7, 11) is -2.12. The van der Waals surface area contributed by atoms with Gasteiger partial charge in [0.2, 0.25) is 10.0 Å². The summed E-state index contributed by atoms with van der Waals surface area (Å²) in [6.45, 7) is 1.60. The van der Waals surface area contributed by atoms with Crippen LogP contribution < -0.4 is 5.32 Å². The number of halogens is 2. The number of nitrogens with one attached hydrogen (secondary N) is 1. The molecule has 2 heterocycles. The third kappa shape index (κ3) is 3.62. The van der Waals surface area contributed by atoms with Gasteiger partial charge in [-0.25, -0.2) is 12.8 Å². The molecule has 1 aliphatic rings. The first-order chi connectivity index (χ1) is 8.51. The average Bonchev–Trinajstić information content (AvgIpc) is 2.39. The SMILES string of the molecule is CN(C1CCNCC1)S(=O)(=O)c1cncc(F)c1.Cl. The van der Waals surface area contributed by atoms with Crippen molar-refractivity contribution in [3.8, 4) is 0 Å². The van der Waals surface area contributed by atoms with Crippen LogP contribution in [0.4, 0.5) is 4.39 Å². The fourth-order valence-corrected chi connectivity index (χ4v) is 3.46. The van der Waals surface area contributed by atoms with Crippen molar-refractivity contribution in [1.82, 2.24) is 14.6 Å². The van der Waals surface area contributed by atoms with E-state index >= 15 is 0 Å². The molecule has 0 unspecified atom stereocenters. The molecule has 0 radical (unpaired) electrons. The molecule has 2 rings (SSSR count). The Morgan fingerprint density at radius 2 is 2.00 bits per heavy atom. The van der Waals surface area contributed by atoms with Gasteiger partial charge in [0.15, 0.2) is 0 Å². The molecule has 0 saturated carbocycles. The Bertz CT molecular complexity index is 520. The maximum atomic E-state index is 13.0. The van der Waals surface area contributed by atoms with E-state index in [9.17, 15) is 12.8 Å². The minimum Gasteiger partial charge on any atom is -0.317 e. The zero-order chi connectivity index (χ0) is 13.2. The van der Waals surface area contributed by atoms with E-state index in [0.29, 0.717) is 0 Å². The summed E-state index contributed by atoms with van der Waals surface area (Å²) >= 11 is 0. The average molecular weight is 310 g/mol. The molecule has 1 aromatic rings. The first kappa shape index (κ1) is 16.3. The second-order valence-corrected chi connectivity index (χ2v) is 6.34. The van der Waals surface area contributed by atoms with Gasteiger partial charge in [-0.3, -0.25) is 4.98 Å². The first-order valence-electron chi connectivity index (χ1n) is 5.81. The van der Waals surface area contributed by atoms with E-state index < -0.39 is 15.8 Å². The highest BCUT2D eigenvalue weighted by molar-refractivity contribution is 7.89. The normalized spacial score (nSPS) is 17.2. The van der Waals surface area contributed by atoms with Crippen molar-refractivity contribution in [1.29, 1.82) is 0 Å². The van der Waals surface area contributed by atoms with Gasteiger partial charge in [-0.15, -0.1) is 12.4 Å². The van der Waals surface area contributed by atoms with Gasteiger partial charge in [0, 0.05) is 19.3 Å². The van der Waals surface area contributed by atoms with Gasteiger partial charge in [0.25, 0.3) is 0 Å². The van der Waals surface area contributed by atoms with Crippen molar-refractivity contribution in [3.05, 3.63) is 24.3 Å². The number of nitrogens with zero attached hydrogens (tertiary/aromatic N) is 2. The second-order valence-electron chi connectivity index (χ2n) is 4.34. The molecular weight excluding hydrogens is 293 g/mol. The van der Waals surface area contributed by atoms with Gasteiger partial charge in [-0.1, -0.05) is 0 Å². The highest BCUT2D eigenvalue weighted by atomic mass is 35.5. The summed E-state index contributed by atoms with van der Waals surface area (Å²) in [6, 6.07) is 0.958. The molecule has 1 aliphatic heterocycles. The Kier molecular flexibility index (Phi) is 5.66. The van der Waals surface area contributed by atoms with Gasteiger partial charge in [0.1, 0.15) is 10.7 Å². The maximum absolute atomic E-state index is 13.0. The summed E-state index contributed by atoms with van der Waals surface area (Å²) in [4.78, 5) is 3.49. The van der Waals surface area contributed by atoms with Crippen molar-refractivity contribution in [2.75, 3.05) is 20.1 Å². The number of piperidine rings is 1. The molecule has 1 saturated heterocycles. The maximum Gasteiger partial charge on any atom is 0.244 e. The predicted octanol–water partition coefficient (Wildman–Crippen LogP) is 1.01. The van der Waals surface area contributed by atoms with E-state index in [1.165, 1.54) is 17.5 Å². The third-order valence-corrected chi connectivity index (χ3v) is 5.06. The molecule has 0 bridgehead atoms.